The van der Waals surface area contributed by atoms with Crippen molar-refractivity contribution in [3.8, 4) is 0 Å². The Labute approximate surface area is 116 Å². The Balaban J connectivity index is 2.11. The lowest BCUT2D eigenvalue weighted by atomic mass is 10.3. The minimum atomic E-state index is -0.847. The van der Waals surface area contributed by atoms with Gasteiger partial charge in [-0.15, -0.1) is 11.3 Å². The Morgan fingerprint density at radius 3 is 2.84 bits per heavy atom. The highest BCUT2D eigenvalue weighted by Crippen LogP contribution is 2.19. The Hall–Kier alpha value is -1.67. The SMILES string of the molecule is Cc1ccc(C(=O)CSc2nc(=O)c(=O)[nH]n2C)s1. The van der Waals surface area contributed by atoms with E-state index in [-0.39, 0.29) is 11.5 Å². The van der Waals surface area contributed by atoms with Gasteiger partial charge in [-0.25, -0.2) is 0 Å². The number of Topliss-reactive ketones (excluding diaryl/α,β-unsaturated/α-hetero) is 1. The van der Waals surface area contributed by atoms with E-state index in [2.05, 4.69) is 10.1 Å². The van der Waals surface area contributed by atoms with Gasteiger partial charge in [0.1, 0.15) is 0 Å². The molecular weight excluding hydrogens is 286 g/mol. The van der Waals surface area contributed by atoms with Crippen LogP contribution in [0.5, 0.6) is 0 Å². The first-order chi connectivity index (χ1) is 8.97. The Kier molecular flexibility index (Phi) is 4.01. The van der Waals surface area contributed by atoms with Crippen LogP contribution in [0.4, 0.5) is 0 Å². The molecule has 0 unspecified atom stereocenters. The minimum absolute atomic E-state index is 0.0245. The maximum Gasteiger partial charge on any atom is 0.339 e. The summed E-state index contributed by atoms with van der Waals surface area (Å²) in [7, 11) is 1.57. The number of thioether (sulfide) groups is 1. The van der Waals surface area contributed by atoms with E-state index in [1.165, 1.54) is 16.0 Å². The van der Waals surface area contributed by atoms with E-state index in [4.69, 9.17) is 0 Å². The molecule has 0 radical (unpaired) electrons. The summed E-state index contributed by atoms with van der Waals surface area (Å²) in [5.41, 5.74) is -1.62. The lowest BCUT2D eigenvalue weighted by Crippen LogP contribution is -2.34. The zero-order valence-corrected chi connectivity index (χ0v) is 11.9. The number of ketones is 1. The second kappa shape index (κ2) is 5.54. The van der Waals surface area contributed by atoms with Gasteiger partial charge < -0.3 is 0 Å². The molecule has 0 bridgehead atoms. The summed E-state index contributed by atoms with van der Waals surface area (Å²) in [6.07, 6.45) is 0. The number of carbonyl (C=O) groups is 1. The van der Waals surface area contributed by atoms with Crippen LogP contribution in [-0.2, 0) is 7.05 Å². The van der Waals surface area contributed by atoms with Crippen molar-refractivity contribution in [2.75, 3.05) is 5.75 Å². The standard InChI is InChI=1S/C11H11N3O3S2/c1-6-3-4-8(19-6)7(15)5-18-11-12-9(16)10(17)13-14(11)2/h3-4H,5H2,1-2H3,(H,13,17). The Bertz CT molecular complexity index is 729. The van der Waals surface area contributed by atoms with Gasteiger partial charge in [-0.1, -0.05) is 11.8 Å². The molecule has 0 aliphatic carbocycles. The normalized spacial score (nSPS) is 10.6. The average Bonchev–Trinajstić information content (AvgIpc) is 2.78. The fourth-order valence-electron chi connectivity index (χ4n) is 1.38. The van der Waals surface area contributed by atoms with E-state index < -0.39 is 11.1 Å². The number of nitrogens with one attached hydrogen (secondary N) is 1. The molecule has 2 heterocycles. The molecule has 2 aromatic rings. The van der Waals surface area contributed by atoms with Crippen molar-refractivity contribution in [3.05, 3.63) is 42.6 Å². The third-order valence-corrected chi connectivity index (χ3v) is 4.37. The Morgan fingerprint density at radius 1 is 1.47 bits per heavy atom. The third-order valence-electron chi connectivity index (χ3n) is 2.30. The van der Waals surface area contributed by atoms with Crippen LogP contribution >= 0.6 is 23.1 Å². The molecule has 0 amide bonds. The molecular formula is C11H11N3O3S2. The fourth-order valence-corrected chi connectivity index (χ4v) is 3.07. The number of hydrogen-bond acceptors (Lipinski definition) is 6. The number of aromatic amines is 1. The van der Waals surface area contributed by atoms with E-state index in [9.17, 15) is 14.4 Å². The van der Waals surface area contributed by atoms with E-state index in [0.29, 0.717) is 10.0 Å². The molecule has 0 aliphatic heterocycles. The highest BCUT2D eigenvalue weighted by Gasteiger charge is 2.11. The molecule has 8 heteroatoms. The van der Waals surface area contributed by atoms with Gasteiger partial charge in [0.15, 0.2) is 10.9 Å². The van der Waals surface area contributed by atoms with Crippen LogP contribution in [-0.4, -0.2) is 26.3 Å². The molecule has 19 heavy (non-hydrogen) atoms. The van der Waals surface area contributed by atoms with Crippen LogP contribution in [0.2, 0.25) is 0 Å². The van der Waals surface area contributed by atoms with Crippen LogP contribution in [0.15, 0.2) is 26.9 Å². The van der Waals surface area contributed by atoms with E-state index >= 15 is 0 Å². The smallest absolute Gasteiger partial charge is 0.292 e. The lowest BCUT2D eigenvalue weighted by molar-refractivity contribution is 0.102. The predicted molar refractivity (Wildman–Crippen MR) is 74.2 cm³/mol. The predicted octanol–water partition coefficient (Wildman–Crippen LogP) is 0.814. The number of aryl methyl sites for hydroxylation is 2. The topological polar surface area (TPSA) is 84.8 Å². The molecule has 0 saturated heterocycles. The van der Waals surface area contributed by atoms with Crippen molar-refractivity contribution in [1.82, 2.24) is 14.8 Å². The second-order valence-electron chi connectivity index (χ2n) is 3.82. The third kappa shape index (κ3) is 3.21. The van der Waals surface area contributed by atoms with Gasteiger partial charge in [0.2, 0.25) is 0 Å². The number of aromatic nitrogens is 3. The van der Waals surface area contributed by atoms with Gasteiger partial charge in [0.05, 0.1) is 10.6 Å². The molecule has 0 spiro atoms. The quantitative estimate of drug-likeness (QED) is 0.513. The minimum Gasteiger partial charge on any atom is -0.292 e. The van der Waals surface area contributed by atoms with Crippen LogP contribution in [0.1, 0.15) is 14.5 Å². The van der Waals surface area contributed by atoms with Crippen molar-refractivity contribution in [1.29, 1.82) is 0 Å². The summed E-state index contributed by atoms with van der Waals surface area (Å²) in [5.74, 6) is 0.148. The summed E-state index contributed by atoms with van der Waals surface area (Å²) in [6, 6.07) is 3.67. The zero-order chi connectivity index (χ0) is 14.0. The van der Waals surface area contributed by atoms with E-state index in [1.807, 2.05) is 13.0 Å². The van der Waals surface area contributed by atoms with Gasteiger partial charge in [0.25, 0.3) is 0 Å². The van der Waals surface area contributed by atoms with Gasteiger partial charge in [-0.2, -0.15) is 4.98 Å². The van der Waals surface area contributed by atoms with Gasteiger partial charge in [-0.3, -0.25) is 24.2 Å². The first-order valence-corrected chi connectivity index (χ1v) is 7.17. The average molecular weight is 297 g/mol. The number of nitrogens with zero attached hydrogens (tertiary/aromatic N) is 2. The maximum atomic E-state index is 11.9. The van der Waals surface area contributed by atoms with Crippen LogP contribution in [0.25, 0.3) is 0 Å². The van der Waals surface area contributed by atoms with Gasteiger partial charge in [-0.05, 0) is 19.1 Å². The molecule has 2 aromatic heterocycles. The number of rotatable bonds is 4. The van der Waals surface area contributed by atoms with E-state index in [0.717, 1.165) is 16.6 Å². The summed E-state index contributed by atoms with van der Waals surface area (Å²) < 4.78 is 1.33. The molecule has 0 aromatic carbocycles. The second-order valence-corrected chi connectivity index (χ2v) is 6.05. The van der Waals surface area contributed by atoms with Crippen molar-refractivity contribution in [3.63, 3.8) is 0 Å². The summed E-state index contributed by atoms with van der Waals surface area (Å²) in [6.45, 7) is 1.93. The first kappa shape index (κ1) is 13.8. The Morgan fingerprint density at radius 2 is 2.21 bits per heavy atom. The summed E-state index contributed by atoms with van der Waals surface area (Å²) in [5, 5.41) is 2.64. The highest BCUT2D eigenvalue weighted by atomic mass is 32.2. The van der Waals surface area contributed by atoms with Crippen LogP contribution in [0, 0.1) is 6.92 Å². The van der Waals surface area contributed by atoms with Gasteiger partial charge in [0, 0.05) is 11.9 Å². The zero-order valence-electron chi connectivity index (χ0n) is 10.3. The largest absolute Gasteiger partial charge is 0.339 e. The highest BCUT2D eigenvalue weighted by molar-refractivity contribution is 7.99. The molecule has 1 N–H and O–H groups in total. The number of H-pyrrole nitrogens is 1. The molecule has 0 aliphatic rings. The molecule has 100 valence electrons. The molecule has 0 fully saturated rings. The van der Waals surface area contributed by atoms with E-state index in [1.54, 1.807) is 13.1 Å². The molecule has 2 rings (SSSR count). The van der Waals surface area contributed by atoms with Gasteiger partial charge >= 0.3 is 11.1 Å². The maximum absolute atomic E-state index is 11.9. The van der Waals surface area contributed by atoms with Crippen molar-refractivity contribution in [2.45, 2.75) is 12.1 Å². The molecule has 0 saturated carbocycles. The fraction of sp³-hybridized carbons (Fsp3) is 0.273. The van der Waals surface area contributed by atoms with Crippen molar-refractivity contribution >= 4 is 28.9 Å². The monoisotopic (exact) mass is 297 g/mol. The summed E-state index contributed by atoms with van der Waals surface area (Å²) >= 11 is 2.55. The van der Waals surface area contributed by atoms with Crippen LogP contribution in [0.3, 0.4) is 0 Å². The van der Waals surface area contributed by atoms with Crippen LogP contribution < -0.4 is 11.1 Å². The number of carbonyl (C=O) groups excluding carboxylic acids is 1. The lowest BCUT2D eigenvalue weighted by Gasteiger charge is -2.04. The number of hydrogen-bond donors (Lipinski definition) is 1. The molecule has 6 nitrogen and oxygen atoms in total. The van der Waals surface area contributed by atoms with Crippen molar-refractivity contribution < 1.29 is 4.79 Å². The summed E-state index contributed by atoms with van der Waals surface area (Å²) in [4.78, 5) is 39.4. The first-order valence-electron chi connectivity index (χ1n) is 5.37. The number of thiophene rings is 1. The van der Waals surface area contributed by atoms with Crippen molar-refractivity contribution in [2.24, 2.45) is 7.05 Å². The molecule has 0 atom stereocenters.